The standard InChI is InChI=1S/C49H34N4/c50-49(35-25-23-34(24-26-35)33-13-3-1-4-14-33)41-19-7-10-20-44(41)51-53-47-22-12-9-18-40(47)43-32-37(28-30-48(43)53)36-27-29-46-42(31-36)39-17-8-11-21-45(39)52(46)38-15-5-2-6-16-38/h1-32,50-51H. The highest BCUT2D eigenvalue weighted by atomic mass is 15.4. The lowest BCUT2D eigenvalue weighted by molar-refractivity contribution is 1.06. The first-order valence-corrected chi connectivity index (χ1v) is 17.9. The summed E-state index contributed by atoms with van der Waals surface area (Å²) in [5, 5.41) is 14.1. The van der Waals surface area contributed by atoms with Crippen molar-refractivity contribution in [1.82, 2.24) is 9.24 Å². The molecule has 0 radical (unpaired) electrons. The van der Waals surface area contributed by atoms with Crippen molar-refractivity contribution in [1.29, 1.82) is 5.41 Å². The van der Waals surface area contributed by atoms with Gasteiger partial charge in [-0.3, -0.25) is 15.5 Å². The zero-order valence-corrected chi connectivity index (χ0v) is 28.9. The summed E-state index contributed by atoms with van der Waals surface area (Å²) in [5.74, 6) is 0. The molecule has 2 aromatic heterocycles. The maximum absolute atomic E-state index is 9.27. The van der Waals surface area contributed by atoms with Crippen LogP contribution in [0, 0.1) is 5.41 Å². The van der Waals surface area contributed by atoms with E-state index in [1.54, 1.807) is 0 Å². The highest BCUT2D eigenvalue weighted by Crippen LogP contribution is 2.37. The maximum atomic E-state index is 9.27. The Hall–Kier alpha value is -7.17. The van der Waals surface area contributed by atoms with Crippen molar-refractivity contribution in [3.05, 3.63) is 205 Å². The lowest BCUT2D eigenvalue weighted by Gasteiger charge is -2.16. The van der Waals surface area contributed by atoms with Crippen LogP contribution in [0.1, 0.15) is 11.1 Å². The van der Waals surface area contributed by atoms with Crippen molar-refractivity contribution in [2.24, 2.45) is 0 Å². The Morgan fingerprint density at radius 3 is 1.62 bits per heavy atom. The molecule has 0 aliphatic heterocycles. The second-order valence-corrected chi connectivity index (χ2v) is 13.5. The van der Waals surface area contributed by atoms with E-state index in [4.69, 9.17) is 0 Å². The summed E-state index contributed by atoms with van der Waals surface area (Å²) in [4.78, 5) is 0. The molecule has 0 saturated carbocycles. The number of hydrogen-bond donors (Lipinski definition) is 2. The normalized spacial score (nSPS) is 11.5. The van der Waals surface area contributed by atoms with Gasteiger partial charge in [0.2, 0.25) is 0 Å². The van der Waals surface area contributed by atoms with Crippen molar-refractivity contribution in [3.63, 3.8) is 0 Å². The smallest absolute Gasteiger partial charge is 0.0710 e. The summed E-state index contributed by atoms with van der Waals surface area (Å²) in [6, 6.07) is 68.1. The van der Waals surface area contributed by atoms with E-state index in [9.17, 15) is 5.41 Å². The summed E-state index contributed by atoms with van der Waals surface area (Å²) < 4.78 is 4.52. The molecule has 0 fully saturated rings. The second-order valence-electron chi connectivity index (χ2n) is 13.5. The van der Waals surface area contributed by atoms with Crippen molar-refractivity contribution < 1.29 is 0 Å². The fraction of sp³-hybridized carbons (Fsp3) is 0. The van der Waals surface area contributed by atoms with Crippen molar-refractivity contribution in [2.75, 3.05) is 5.43 Å². The van der Waals surface area contributed by atoms with Crippen molar-refractivity contribution in [3.8, 4) is 27.9 Å². The SMILES string of the molecule is N=C(c1ccc(-c2ccccc2)cc1)c1ccccc1Nn1c2ccccc2c2cc(-c3ccc4c(c3)c3ccccc3n4-c3ccccc3)ccc21. The van der Waals surface area contributed by atoms with Crippen LogP contribution in [0.3, 0.4) is 0 Å². The van der Waals surface area contributed by atoms with Gasteiger partial charge in [0.15, 0.2) is 0 Å². The van der Waals surface area contributed by atoms with Gasteiger partial charge in [0.05, 0.1) is 33.5 Å². The fourth-order valence-electron chi connectivity index (χ4n) is 7.82. The third kappa shape index (κ3) is 5.19. The third-order valence-electron chi connectivity index (χ3n) is 10.4. The molecule has 0 aliphatic rings. The number of nitrogens with one attached hydrogen (secondary N) is 2. The Balaban J connectivity index is 1.04. The van der Waals surface area contributed by atoms with E-state index in [0.29, 0.717) is 5.71 Å². The summed E-state index contributed by atoms with van der Waals surface area (Å²) >= 11 is 0. The number of nitrogens with zero attached hydrogens (tertiary/aromatic N) is 2. The number of rotatable bonds is 7. The fourth-order valence-corrected chi connectivity index (χ4v) is 7.82. The van der Waals surface area contributed by atoms with Crippen LogP contribution in [-0.4, -0.2) is 15.0 Å². The maximum Gasteiger partial charge on any atom is 0.0710 e. The van der Waals surface area contributed by atoms with Gasteiger partial charge in [0.1, 0.15) is 0 Å². The third-order valence-corrected chi connectivity index (χ3v) is 10.4. The van der Waals surface area contributed by atoms with E-state index in [1.165, 1.54) is 49.3 Å². The topological polar surface area (TPSA) is 45.7 Å². The van der Waals surface area contributed by atoms with E-state index in [2.05, 4.69) is 160 Å². The van der Waals surface area contributed by atoms with Crippen LogP contribution >= 0.6 is 0 Å². The Kier molecular flexibility index (Phi) is 7.26. The molecule has 53 heavy (non-hydrogen) atoms. The molecule has 4 nitrogen and oxygen atoms in total. The van der Waals surface area contributed by atoms with E-state index >= 15 is 0 Å². The minimum Gasteiger partial charge on any atom is -0.309 e. The first-order valence-electron chi connectivity index (χ1n) is 17.9. The van der Waals surface area contributed by atoms with E-state index < -0.39 is 0 Å². The Labute approximate surface area is 307 Å². The van der Waals surface area contributed by atoms with Crippen molar-refractivity contribution >= 4 is 55.0 Å². The van der Waals surface area contributed by atoms with Crippen LogP contribution in [0.15, 0.2) is 194 Å². The zero-order chi connectivity index (χ0) is 35.3. The predicted molar refractivity (Wildman–Crippen MR) is 222 cm³/mol. The highest BCUT2D eigenvalue weighted by Gasteiger charge is 2.17. The lowest BCUT2D eigenvalue weighted by atomic mass is 9.98. The van der Waals surface area contributed by atoms with Gasteiger partial charge < -0.3 is 4.57 Å². The van der Waals surface area contributed by atoms with Gasteiger partial charge in [-0.15, -0.1) is 0 Å². The van der Waals surface area contributed by atoms with E-state index in [-0.39, 0.29) is 0 Å². The van der Waals surface area contributed by atoms with Crippen LogP contribution in [0.25, 0.3) is 71.6 Å². The molecule has 2 heterocycles. The number of benzene rings is 8. The number of aromatic nitrogens is 2. The van der Waals surface area contributed by atoms with Crippen LogP contribution in [0.5, 0.6) is 0 Å². The number of fused-ring (bicyclic) bond motifs is 6. The van der Waals surface area contributed by atoms with Gasteiger partial charge in [-0.1, -0.05) is 140 Å². The van der Waals surface area contributed by atoms with Gasteiger partial charge >= 0.3 is 0 Å². The monoisotopic (exact) mass is 678 g/mol. The van der Waals surface area contributed by atoms with Crippen LogP contribution < -0.4 is 5.43 Å². The molecule has 250 valence electrons. The first kappa shape index (κ1) is 30.6. The number of anilines is 1. The number of hydrogen-bond acceptors (Lipinski definition) is 2. The van der Waals surface area contributed by atoms with Gasteiger partial charge in [-0.2, -0.15) is 0 Å². The molecule has 4 heteroatoms. The second kappa shape index (κ2) is 12.6. The molecule has 0 atom stereocenters. The summed E-state index contributed by atoms with van der Waals surface area (Å²) in [6.45, 7) is 0. The van der Waals surface area contributed by atoms with Crippen LogP contribution in [0.4, 0.5) is 5.69 Å². The zero-order valence-electron chi connectivity index (χ0n) is 28.9. The number of para-hydroxylation sites is 4. The first-order chi connectivity index (χ1) is 26.2. The molecule has 8 aromatic carbocycles. The minimum absolute atomic E-state index is 0.472. The molecule has 0 bridgehead atoms. The summed E-state index contributed by atoms with van der Waals surface area (Å²) in [6.07, 6.45) is 0. The van der Waals surface area contributed by atoms with E-state index in [0.717, 1.165) is 39.1 Å². The van der Waals surface area contributed by atoms with Gasteiger partial charge in [-0.05, 0) is 76.9 Å². The molecule has 10 rings (SSSR count). The van der Waals surface area contributed by atoms with Crippen LogP contribution in [-0.2, 0) is 0 Å². The minimum atomic E-state index is 0.472. The summed E-state index contributed by atoms with van der Waals surface area (Å²) in [7, 11) is 0. The Morgan fingerprint density at radius 2 is 0.887 bits per heavy atom. The Bertz CT molecular complexity index is 2970. The van der Waals surface area contributed by atoms with Gasteiger partial charge in [0.25, 0.3) is 0 Å². The Morgan fingerprint density at radius 1 is 0.396 bits per heavy atom. The largest absolute Gasteiger partial charge is 0.309 e. The molecule has 10 aromatic rings. The molecule has 0 spiro atoms. The van der Waals surface area contributed by atoms with Crippen molar-refractivity contribution in [2.45, 2.75) is 0 Å². The van der Waals surface area contributed by atoms with Crippen LogP contribution in [0.2, 0.25) is 0 Å². The summed E-state index contributed by atoms with van der Waals surface area (Å²) in [5.41, 5.74) is 17.1. The van der Waals surface area contributed by atoms with E-state index in [1.807, 2.05) is 48.5 Å². The molecular formula is C49H34N4. The molecular weight excluding hydrogens is 645 g/mol. The van der Waals surface area contributed by atoms with Gasteiger partial charge in [-0.25, -0.2) is 0 Å². The average Bonchev–Trinajstić information content (AvgIpc) is 3.73. The molecule has 0 saturated heterocycles. The molecule has 0 unspecified atom stereocenters. The highest BCUT2D eigenvalue weighted by molar-refractivity contribution is 6.15. The average molecular weight is 679 g/mol. The molecule has 2 N–H and O–H groups in total. The van der Waals surface area contributed by atoms with Gasteiger partial charge in [0, 0.05) is 38.4 Å². The molecule has 0 amide bonds. The molecule has 0 aliphatic carbocycles. The predicted octanol–water partition coefficient (Wildman–Crippen LogP) is 12.5. The lowest BCUT2D eigenvalue weighted by Crippen LogP contribution is -2.13. The quantitative estimate of drug-likeness (QED) is 0.162.